The highest BCUT2D eigenvalue weighted by Crippen LogP contribution is 2.42. The third kappa shape index (κ3) is 5.94. The molecule has 0 radical (unpaired) electrons. The maximum absolute atomic E-state index is 13.7. The van der Waals surface area contributed by atoms with Crippen molar-refractivity contribution in [2.24, 2.45) is 10.7 Å². The zero-order valence-electron chi connectivity index (χ0n) is 21.1. The number of halogens is 7. The molecule has 212 valence electrons. The van der Waals surface area contributed by atoms with Gasteiger partial charge in [-0.1, -0.05) is 17.7 Å². The molecular formula is C25H27ClF6N6O. The third-order valence-electron chi connectivity index (χ3n) is 6.73. The van der Waals surface area contributed by atoms with Gasteiger partial charge in [-0.25, -0.2) is 9.98 Å². The minimum Gasteiger partial charge on any atom is -0.383 e. The van der Waals surface area contributed by atoms with Gasteiger partial charge in [0.1, 0.15) is 5.82 Å². The highest BCUT2D eigenvalue weighted by Gasteiger charge is 2.42. The van der Waals surface area contributed by atoms with Crippen LogP contribution in [0.25, 0.3) is 0 Å². The number of nitrogens with zero attached hydrogens (tertiary/aromatic N) is 4. The smallest absolute Gasteiger partial charge is 0.383 e. The van der Waals surface area contributed by atoms with Crippen molar-refractivity contribution in [3.8, 4) is 0 Å². The normalized spacial score (nSPS) is 20.3. The number of anilines is 1. The number of methoxy groups -OCH3 is 1. The third-order valence-corrected chi connectivity index (χ3v) is 7.04. The molecule has 2 aromatic rings. The number of aromatic nitrogens is 1. The molecule has 39 heavy (non-hydrogen) atoms. The molecule has 1 aromatic heterocycles. The lowest BCUT2D eigenvalue weighted by Gasteiger charge is -2.38. The lowest BCUT2D eigenvalue weighted by atomic mass is 9.86. The number of likely N-dealkylation sites (N-methyl/N-ethyl adjacent to an activating group) is 1. The van der Waals surface area contributed by atoms with Gasteiger partial charge < -0.3 is 19.9 Å². The standard InChI is InChI=1S/C25H27ClF6N6O/c1-37(12-13-39-2)22-35-20-8-11-38(21-18(25(30,31)32)4-3-9-34-21)10-7-17(20)23(33,36-22)15-5-6-16(19(26)14-15)24(27,28)29/h3-6,9,14H,7-8,10-13,33H2,1-2H3,(H,35,36). The average molecular weight is 577 g/mol. The number of nitrogens with one attached hydrogen (secondary N) is 1. The summed E-state index contributed by atoms with van der Waals surface area (Å²) in [5.74, 6) is 0.134. The number of pyridine rings is 1. The molecule has 0 fully saturated rings. The van der Waals surface area contributed by atoms with Crippen LogP contribution in [0.5, 0.6) is 0 Å². The summed E-state index contributed by atoms with van der Waals surface area (Å²) in [7, 11) is 3.28. The lowest BCUT2D eigenvalue weighted by molar-refractivity contribution is -0.138. The van der Waals surface area contributed by atoms with Gasteiger partial charge in [0, 0.05) is 52.1 Å². The van der Waals surface area contributed by atoms with E-state index in [9.17, 15) is 26.3 Å². The second kappa shape index (κ2) is 10.9. The average Bonchev–Trinajstić information content (AvgIpc) is 3.09. The Morgan fingerprint density at radius 3 is 2.44 bits per heavy atom. The Balaban J connectivity index is 1.75. The fraction of sp³-hybridized carbons (Fsp3) is 0.440. The van der Waals surface area contributed by atoms with Gasteiger partial charge in [-0.15, -0.1) is 0 Å². The maximum atomic E-state index is 13.7. The van der Waals surface area contributed by atoms with Crippen molar-refractivity contribution in [3.63, 3.8) is 0 Å². The van der Waals surface area contributed by atoms with Crippen LogP contribution in [-0.4, -0.2) is 56.2 Å². The van der Waals surface area contributed by atoms with E-state index in [2.05, 4.69) is 10.3 Å². The van der Waals surface area contributed by atoms with Gasteiger partial charge in [0.15, 0.2) is 5.66 Å². The predicted molar refractivity (Wildman–Crippen MR) is 135 cm³/mol. The van der Waals surface area contributed by atoms with Crippen LogP contribution in [0.2, 0.25) is 5.02 Å². The van der Waals surface area contributed by atoms with Gasteiger partial charge in [-0.3, -0.25) is 5.73 Å². The van der Waals surface area contributed by atoms with E-state index < -0.39 is 34.2 Å². The summed E-state index contributed by atoms with van der Waals surface area (Å²) in [4.78, 5) is 12.0. The van der Waals surface area contributed by atoms with Crippen molar-refractivity contribution in [1.29, 1.82) is 0 Å². The number of hydrogen-bond acceptors (Lipinski definition) is 7. The molecule has 0 spiro atoms. The largest absolute Gasteiger partial charge is 0.419 e. The Morgan fingerprint density at radius 1 is 1.10 bits per heavy atom. The van der Waals surface area contributed by atoms with Crippen molar-refractivity contribution in [1.82, 2.24) is 15.2 Å². The van der Waals surface area contributed by atoms with E-state index >= 15 is 0 Å². The number of aliphatic imine (C=N–C) groups is 1. The van der Waals surface area contributed by atoms with Gasteiger partial charge in [0.05, 0.1) is 22.8 Å². The highest BCUT2D eigenvalue weighted by atomic mass is 35.5. The molecule has 3 heterocycles. The summed E-state index contributed by atoms with van der Waals surface area (Å²) >= 11 is 6.03. The number of guanidine groups is 1. The van der Waals surface area contributed by atoms with E-state index in [0.29, 0.717) is 30.4 Å². The van der Waals surface area contributed by atoms with E-state index in [1.165, 1.54) is 30.3 Å². The molecule has 0 saturated heterocycles. The highest BCUT2D eigenvalue weighted by molar-refractivity contribution is 6.31. The SMILES string of the molecule is COCCN(C)C1=NC(N)(c2ccc(C(F)(F)F)c(Cl)c2)C2=C(CCN(c3ncccc3C(F)(F)F)CC2)N1. The van der Waals surface area contributed by atoms with E-state index in [1.54, 1.807) is 11.9 Å². The topological polar surface area (TPSA) is 79.0 Å². The van der Waals surface area contributed by atoms with Crippen molar-refractivity contribution in [3.05, 3.63) is 69.5 Å². The molecule has 3 N–H and O–H groups in total. The first kappa shape index (κ1) is 29.0. The van der Waals surface area contributed by atoms with Crippen LogP contribution < -0.4 is 16.0 Å². The quantitative estimate of drug-likeness (QED) is 0.489. The van der Waals surface area contributed by atoms with Gasteiger partial charge in [0.25, 0.3) is 0 Å². The molecule has 0 aliphatic carbocycles. The fourth-order valence-electron chi connectivity index (χ4n) is 4.68. The van der Waals surface area contributed by atoms with Crippen LogP contribution in [-0.2, 0) is 22.8 Å². The summed E-state index contributed by atoms with van der Waals surface area (Å²) in [6.07, 6.45) is -7.54. The summed E-state index contributed by atoms with van der Waals surface area (Å²) in [5, 5.41) is 2.70. The summed E-state index contributed by atoms with van der Waals surface area (Å²) in [5.41, 5.74) is 4.75. The Hall–Kier alpha value is -3.03. The number of alkyl halides is 6. The second-order valence-electron chi connectivity index (χ2n) is 9.25. The Bertz CT molecular complexity index is 1280. The van der Waals surface area contributed by atoms with Crippen LogP contribution in [0.4, 0.5) is 32.2 Å². The van der Waals surface area contributed by atoms with Crippen molar-refractivity contribution in [2.75, 3.05) is 45.3 Å². The number of hydrogen-bond donors (Lipinski definition) is 2. The van der Waals surface area contributed by atoms with E-state index in [-0.39, 0.29) is 37.3 Å². The van der Waals surface area contributed by atoms with E-state index in [1.807, 2.05) is 0 Å². The zero-order valence-corrected chi connectivity index (χ0v) is 21.9. The molecule has 0 amide bonds. The first-order valence-corrected chi connectivity index (χ1v) is 12.4. The molecule has 1 aromatic carbocycles. The Labute approximate surface area is 226 Å². The molecule has 2 aliphatic heterocycles. The Morgan fingerprint density at radius 2 is 1.79 bits per heavy atom. The number of rotatable bonds is 5. The zero-order chi connectivity index (χ0) is 28.6. The molecule has 2 aliphatic rings. The summed E-state index contributed by atoms with van der Waals surface area (Å²) in [6.45, 7) is 1.09. The summed E-state index contributed by atoms with van der Waals surface area (Å²) in [6, 6.07) is 5.42. The first-order valence-electron chi connectivity index (χ1n) is 12.0. The molecule has 7 nitrogen and oxygen atoms in total. The minimum absolute atomic E-state index is 0.123. The molecular weight excluding hydrogens is 550 g/mol. The first-order chi connectivity index (χ1) is 18.3. The Kier molecular flexibility index (Phi) is 8.06. The van der Waals surface area contributed by atoms with Gasteiger partial charge >= 0.3 is 12.4 Å². The monoisotopic (exact) mass is 576 g/mol. The number of nitrogens with two attached hydrogens (primary N) is 1. The van der Waals surface area contributed by atoms with Crippen LogP contribution in [0.3, 0.4) is 0 Å². The van der Waals surface area contributed by atoms with E-state index in [0.717, 1.165) is 18.2 Å². The van der Waals surface area contributed by atoms with Crippen molar-refractivity contribution >= 4 is 23.4 Å². The molecule has 1 atom stereocenters. The fourth-order valence-corrected chi connectivity index (χ4v) is 4.97. The minimum atomic E-state index is -4.66. The molecule has 4 rings (SSSR count). The van der Waals surface area contributed by atoms with Crippen LogP contribution in [0.1, 0.15) is 29.5 Å². The number of ether oxygens (including phenoxy) is 1. The molecule has 0 bridgehead atoms. The molecule has 0 saturated carbocycles. The lowest BCUT2D eigenvalue weighted by Crippen LogP contribution is -2.50. The van der Waals surface area contributed by atoms with Gasteiger partial charge in [-0.2, -0.15) is 26.3 Å². The molecule has 1 unspecified atom stereocenters. The van der Waals surface area contributed by atoms with Crippen LogP contribution in [0, 0.1) is 0 Å². The predicted octanol–water partition coefficient (Wildman–Crippen LogP) is 4.98. The maximum Gasteiger partial charge on any atom is 0.419 e. The van der Waals surface area contributed by atoms with E-state index in [4.69, 9.17) is 27.1 Å². The van der Waals surface area contributed by atoms with Crippen molar-refractivity contribution in [2.45, 2.75) is 30.9 Å². The summed E-state index contributed by atoms with van der Waals surface area (Å²) < 4.78 is 86.4. The van der Waals surface area contributed by atoms with Crippen molar-refractivity contribution < 1.29 is 31.1 Å². The second-order valence-corrected chi connectivity index (χ2v) is 9.66. The van der Waals surface area contributed by atoms with Gasteiger partial charge in [-0.05, 0) is 41.8 Å². The molecule has 14 heteroatoms. The number of benzene rings is 1. The van der Waals surface area contributed by atoms with Gasteiger partial charge in [0.2, 0.25) is 5.96 Å². The van der Waals surface area contributed by atoms with Crippen LogP contribution >= 0.6 is 11.6 Å². The van der Waals surface area contributed by atoms with Crippen LogP contribution in [0.15, 0.2) is 52.8 Å².